The third-order valence-corrected chi connectivity index (χ3v) is 5.20. The minimum Gasteiger partial charge on any atom is -0.480 e. The molecule has 15 heteroatoms. The van der Waals surface area contributed by atoms with Gasteiger partial charge in [0.1, 0.15) is 32.3 Å². The van der Waals surface area contributed by atoms with Gasteiger partial charge in [-0.15, -0.1) is 6.42 Å². The normalized spacial score (nSPS) is 10.8. The van der Waals surface area contributed by atoms with E-state index in [1.54, 1.807) is 0 Å². The summed E-state index contributed by atoms with van der Waals surface area (Å²) in [7, 11) is 0. The summed E-state index contributed by atoms with van der Waals surface area (Å²) in [6.07, 6.45) is 9.17. The van der Waals surface area contributed by atoms with Crippen molar-refractivity contribution in [3.05, 3.63) is 0 Å². The SMILES string of the molecule is C#CCOCCOCCOCCOCCNC(=O)CN(CC(=O)NC(CCCC)C(=O)O)C(=O)NCC(=O)O.CCCC. The molecule has 0 aromatic heterocycles. The average Bonchev–Trinajstić information content (AvgIpc) is 2.97. The summed E-state index contributed by atoms with van der Waals surface area (Å²) in [6, 6.07) is -2.12. The molecule has 0 aromatic carbocycles. The van der Waals surface area contributed by atoms with Gasteiger partial charge in [-0.25, -0.2) is 9.59 Å². The molecule has 0 fully saturated rings. The second-order valence-electron chi connectivity index (χ2n) is 8.95. The van der Waals surface area contributed by atoms with Crippen molar-refractivity contribution in [3.8, 4) is 12.3 Å². The summed E-state index contributed by atoms with van der Waals surface area (Å²) in [5.74, 6) is -1.62. The van der Waals surface area contributed by atoms with Crippen molar-refractivity contribution in [2.24, 2.45) is 0 Å². The second-order valence-corrected chi connectivity index (χ2v) is 8.95. The van der Waals surface area contributed by atoms with E-state index in [0.29, 0.717) is 39.5 Å². The first-order valence-electron chi connectivity index (χ1n) is 14.4. The molecule has 0 saturated heterocycles. The molecular weight excluding hydrogens is 568 g/mol. The standard InChI is InChI=1S/C24H40N4O11.C4H10/c1-3-5-6-19(23(33)34)27-21(30)18-28(24(35)26-16-22(31)32)17-20(29)25-7-9-37-11-13-39-15-14-38-12-10-36-8-4-2;1-3-4-2/h2,19H,3,5-18H2,1H3,(H,25,29)(H,26,35)(H,27,30)(H,31,32)(H,33,34);3-4H2,1-2H3. The minimum absolute atomic E-state index is 0.106. The zero-order valence-electron chi connectivity index (χ0n) is 25.7. The Bertz CT molecular complexity index is 819. The van der Waals surface area contributed by atoms with Gasteiger partial charge in [-0.3, -0.25) is 14.4 Å². The van der Waals surface area contributed by atoms with Crippen LogP contribution in [0.1, 0.15) is 52.9 Å². The van der Waals surface area contributed by atoms with Crippen molar-refractivity contribution in [2.75, 3.05) is 79.0 Å². The van der Waals surface area contributed by atoms with Gasteiger partial charge >= 0.3 is 18.0 Å². The molecule has 0 spiro atoms. The Morgan fingerprint density at radius 3 is 1.79 bits per heavy atom. The van der Waals surface area contributed by atoms with Crippen LogP contribution in [0.3, 0.4) is 0 Å². The maximum Gasteiger partial charge on any atom is 0.326 e. The Balaban J connectivity index is 0. The highest BCUT2D eigenvalue weighted by Crippen LogP contribution is 2.01. The van der Waals surface area contributed by atoms with Gasteiger partial charge in [0, 0.05) is 6.54 Å². The van der Waals surface area contributed by atoms with Crippen LogP contribution >= 0.6 is 0 Å². The fourth-order valence-corrected chi connectivity index (χ4v) is 2.82. The van der Waals surface area contributed by atoms with Gasteiger partial charge in [0.15, 0.2) is 0 Å². The van der Waals surface area contributed by atoms with Gasteiger partial charge in [-0.05, 0) is 6.42 Å². The van der Waals surface area contributed by atoms with Gasteiger partial charge in [0.05, 0.1) is 46.2 Å². The number of carboxylic acid groups (broad SMARTS) is 2. The number of rotatable bonds is 25. The van der Waals surface area contributed by atoms with Gasteiger partial charge in [0.2, 0.25) is 11.8 Å². The molecule has 0 heterocycles. The number of carbonyl (C=O) groups excluding carboxylic acids is 3. The van der Waals surface area contributed by atoms with Gasteiger partial charge < -0.3 is 50.0 Å². The lowest BCUT2D eigenvalue weighted by Crippen LogP contribution is -2.52. The van der Waals surface area contributed by atoms with E-state index in [-0.39, 0.29) is 32.8 Å². The highest BCUT2D eigenvalue weighted by atomic mass is 16.6. The molecule has 0 aliphatic heterocycles. The van der Waals surface area contributed by atoms with E-state index in [1.807, 2.05) is 6.92 Å². The highest BCUT2D eigenvalue weighted by Gasteiger charge is 2.24. The van der Waals surface area contributed by atoms with Gasteiger partial charge in [-0.2, -0.15) is 0 Å². The molecule has 0 radical (unpaired) electrons. The summed E-state index contributed by atoms with van der Waals surface area (Å²) < 4.78 is 21.0. The zero-order valence-corrected chi connectivity index (χ0v) is 25.7. The Hall–Kier alpha value is -3.45. The van der Waals surface area contributed by atoms with Crippen LogP contribution in [-0.4, -0.2) is 130 Å². The number of carbonyl (C=O) groups is 5. The zero-order chi connectivity index (χ0) is 32.7. The van der Waals surface area contributed by atoms with Crippen molar-refractivity contribution in [1.29, 1.82) is 0 Å². The molecule has 0 aliphatic rings. The molecule has 0 rings (SSSR count). The minimum atomic E-state index is -1.32. The third kappa shape index (κ3) is 28.4. The average molecular weight is 619 g/mol. The quantitative estimate of drug-likeness (QED) is 0.0703. The van der Waals surface area contributed by atoms with E-state index in [1.165, 1.54) is 12.8 Å². The van der Waals surface area contributed by atoms with Crippen LogP contribution in [0.4, 0.5) is 4.79 Å². The van der Waals surface area contributed by atoms with Crippen molar-refractivity contribution in [3.63, 3.8) is 0 Å². The molecule has 0 saturated carbocycles. The van der Waals surface area contributed by atoms with Crippen LogP contribution < -0.4 is 16.0 Å². The summed E-state index contributed by atoms with van der Waals surface area (Å²) in [6.45, 7) is 6.94. The smallest absolute Gasteiger partial charge is 0.326 e. The van der Waals surface area contributed by atoms with E-state index in [9.17, 15) is 29.1 Å². The number of unbranched alkanes of at least 4 members (excludes halogenated alkanes) is 2. The van der Waals surface area contributed by atoms with Gasteiger partial charge in [-0.1, -0.05) is 52.4 Å². The Morgan fingerprint density at radius 2 is 1.30 bits per heavy atom. The second kappa shape index (κ2) is 30.0. The monoisotopic (exact) mass is 618 g/mol. The van der Waals surface area contributed by atoms with Crippen molar-refractivity contribution in [1.82, 2.24) is 20.9 Å². The summed E-state index contributed by atoms with van der Waals surface area (Å²) >= 11 is 0. The van der Waals surface area contributed by atoms with Crippen LogP contribution in [0.2, 0.25) is 0 Å². The lowest BCUT2D eigenvalue weighted by molar-refractivity contribution is -0.142. The van der Waals surface area contributed by atoms with E-state index >= 15 is 0 Å². The number of ether oxygens (including phenoxy) is 4. The highest BCUT2D eigenvalue weighted by molar-refractivity contribution is 5.90. The molecule has 5 N–H and O–H groups in total. The molecule has 15 nitrogen and oxygen atoms in total. The molecule has 248 valence electrons. The number of terminal acetylenes is 1. The lowest BCUT2D eigenvalue weighted by Gasteiger charge is -2.23. The number of urea groups is 1. The van der Waals surface area contributed by atoms with Crippen molar-refractivity contribution < 1.29 is 53.1 Å². The van der Waals surface area contributed by atoms with Crippen LogP contribution in [0, 0.1) is 12.3 Å². The summed E-state index contributed by atoms with van der Waals surface area (Å²) in [5.41, 5.74) is 0. The predicted molar refractivity (Wildman–Crippen MR) is 157 cm³/mol. The van der Waals surface area contributed by atoms with E-state index in [0.717, 1.165) is 11.3 Å². The number of hydrogen-bond acceptors (Lipinski definition) is 9. The molecule has 0 aromatic rings. The Morgan fingerprint density at radius 1 is 0.767 bits per heavy atom. The number of amides is 4. The Kier molecular flexibility index (Phi) is 29.1. The predicted octanol–water partition coefficient (Wildman–Crippen LogP) is 0.464. The van der Waals surface area contributed by atoms with E-state index in [2.05, 4.69) is 35.7 Å². The number of aliphatic carboxylic acids is 2. The number of nitrogens with zero attached hydrogens (tertiary/aromatic N) is 1. The van der Waals surface area contributed by atoms with E-state index < -0.39 is 55.5 Å². The third-order valence-electron chi connectivity index (χ3n) is 5.20. The van der Waals surface area contributed by atoms with Gasteiger partial charge in [0.25, 0.3) is 0 Å². The summed E-state index contributed by atoms with van der Waals surface area (Å²) in [4.78, 5) is 59.9. The molecule has 0 aliphatic carbocycles. The van der Waals surface area contributed by atoms with Crippen molar-refractivity contribution >= 4 is 29.8 Å². The molecule has 43 heavy (non-hydrogen) atoms. The maximum atomic E-state index is 12.4. The molecular formula is C28H50N4O11. The summed E-state index contributed by atoms with van der Waals surface area (Å²) in [5, 5.41) is 24.9. The maximum absolute atomic E-state index is 12.4. The first kappa shape index (κ1) is 41.7. The van der Waals surface area contributed by atoms with Crippen molar-refractivity contribution in [2.45, 2.75) is 58.9 Å². The van der Waals surface area contributed by atoms with Crippen LogP contribution in [0.15, 0.2) is 0 Å². The Labute approximate surface area is 254 Å². The van der Waals surface area contributed by atoms with Crippen LogP contribution in [0.5, 0.6) is 0 Å². The molecule has 1 atom stereocenters. The fourth-order valence-electron chi connectivity index (χ4n) is 2.82. The first-order chi connectivity index (χ1) is 20.6. The molecule has 1 unspecified atom stereocenters. The number of hydrogen-bond donors (Lipinski definition) is 5. The van der Waals surface area contributed by atoms with Crippen LogP contribution in [-0.2, 0) is 38.1 Å². The first-order valence-corrected chi connectivity index (χ1v) is 14.4. The van der Waals surface area contributed by atoms with E-state index in [4.69, 9.17) is 30.5 Å². The molecule has 0 bridgehead atoms. The molecule has 4 amide bonds. The number of carboxylic acids is 2. The fraction of sp³-hybridized carbons (Fsp3) is 0.750. The largest absolute Gasteiger partial charge is 0.480 e. The number of nitrogens with one attached hydrogen (secondary N) is 3. The topological polar surface area (TPSA) is 202 Å². The lowest BCUT2D eigenvalue weighted by atomic mass is 10.1. The van der Waals surface area contributed by atoms with Crippen LogP contribution in [0.25, 0.3) is 0 Å².